The molecule has 0 aliphatic carbocycles. The van der Waals surface area contributed by atoms with Crippen molar-refractivity contribution in [2.75, 3.05) is 19.1 Å². The summed E-state index contributed by atoms with van der Waals surface area (Å²) in [7, 11) is 0. The smallest absolute Gasteiger partial charge is 0.273 e. The summed E-state index contributed by atoms with van der Waals surface area (Å²) in [6.45, 7) is 0.851. The number of carbonyl (C=O) groups is 1. The predicted molar refractivity (Wildman–Crippen MR) is 90.2 cm³/mol. The molecule has 2 heterocycles. The van der Waals surface area contributed by atoms with Crippen LogP contribution >= 0.6 is 0 Å². The molecule has 1 amide bonds. The molecule has 2 aliphatic rings. The summed E-state index contributed by atoms with van der Waals surface area (Å²) in [4.78, 5) is 12.6. The maximum absolute atomic E-state index is 12.6. The van der Waals surface area contributed by atoms with E-state index < -0.39 is 0 Å². The lowest BCUT2D eigenvalue weighted by molar-refractivity contribution is 0.0751. The summed E-state index contributed by atoms with van der Waals surface area (Å²) in [5.41, 5.74) is 8.72. The Morgan fingerprint density at radius 3 is 2.71 bits per heavy atom. The highest BCUT2D eigenvalue weighted by Gasteiger charge is 2.22. The van der Waals surface area contributed by atoms with Crippen LogP contribution in [0, 0.1) is 0 Å². The third-order valence-corrected chi connectivity index (χ3v) is 4.12. The van der Waals surface area contributed by atoms with Crippen molar-refractivity contribution in [1.29, 1.82) is 0 Å². The minimum Gasteiger partial charge on any atom is -0.454 e. The molecule has 0 aromatic heterocycles. The fourth-order valence-electron chi connectivity index (χ4n) is 2.84. The van der Waals surface area contributed by atoms with Gasteiger partial charge in [-0.1, -0.05) is 0 Å². The molecule has 2 N–H and O–H groups in total. The van der Waals surface area contributed by atoms with Crippen LogP contribution < -0.4 is 15.2 Å². The standard InChI is InChI=1S/C18H17N3O3/c19-14-6-3-12(4-7-14)18(22)21-9-1-2-15(20-21)13-5-8-16-17(10-13)24-11-23-16/h3-8,10H,1-2,9,11,19H2. The minimum absolute atomic E-state index is 0.118. The third kappa shape index (κ3) is 2.67. The van der Waals surface area contributed by atoms with Crippen LogP contribution in [0.4, 0.5) is 5.69 Å². The zero-order valence-corrected chi connectivity index (χ0v) is 13.1. The van der Waals surface area contributed by atoms with Crippen LogP contribution in [0.1, 0.15) is 28.8 Å². The van der Waals surface area contributed by atoms with Gasteiger partial charge in [0, 0.05) is 23.4 Å². The van der Waals surface area contributed by atoms with Gasteiger partial charge in [-0.2, -0.15) is 5.10 Å². The van der Waals surface area contributed by atoms with E-state index in [9.17, 15) is 4.79 Å². The topological polar surface area (TPSA) is 77.2 Å². The van der Waals surface area contributed by atoms with E-state index in [-0.39, 0.29) is 12.7 Å². The summed E-state index contributed by atoms with van der Waals surface area (Å²) in [5, 5.41) is 6.07. The molecule has 2 aromatic rings. The van der Waals surface area contributed by atoms with E-state index >= 15 is 0 Å². The van der Waals surface area contributed by atoms with Crippen LogP contribution in [0.15, 0.2) is 47.6 Å². The lowest BCUT2D eigenvalue weighted by Crippen LogP contribution is -2.32. The third-order valence-electron chi connectivity index (χ3n) is 4.12. The number of nitrogens with zero attached hydrogens (tertiary/aromatic N) is 2. The second-order valence-corrected chi connectivity index (χ2v) is 5.77. The van der Waals surface area contributed by atoms with Gasteiger partial charge in [-0.15, -0.1) is 0 Å². The molecule has 4 rings (SSSR count). The molecule has 0 radical (unpaired) electrons. The van der Waals surface area contributed by atoms with E-state index in [0.717, 1.165) is 35.6 Å². The Morgan fingerprint density at radius 2 is 1.88 bits per heavy atom. The first-order chi connectivity index (χ1) is 11.7. The fraction of sp³-hybridized carbons (Fsp3) is 0.222. The Morgan fingerprint density at radius 1 is 1.08 bits per heavy atom. The summed E-state index contributed by atoms with van der Waals surface area (Å²) < 4.78 is 10.7. The lowest BCUT2D eigenvalue weighted by atomic mass is 10.0. The van der Waals surface area contributed by atoms with Crippen LogP contribution in [0.5, 0.6) is 11.5 Å². The van der Waals surface area contributed by atoms with Crippen LogP contribution in [0.2, 0.25) is 0 Å². The average molecular weight is 323 g/mol. The molecule has 24 heavy (non-hydrogen) atoms. The molecule has 0 bridgehead atoms. The SMILES string of the molecule is Nc1ccc(C(=O)N2CCCC(c3ccc4c(c3)OCO4)=N2)cc1. The van der Waals surface area contributed by atoms with Crippen molar-refractivity contribution in [3.05, 3.63) is 53.6 Å². The van der Waals surface area contributed by atoms with Gasteiger partial charge in [0.1, 0.15) is 0 Å². The van der Waals surface area contributed by atoms with Crippen LogP contribution in [0.3, 0.4) is 0 Å². The molecule has 0 fully saturated rings. The number of hydrazone groups is 1. The largest absolute Gasteiger partial charge is 0.454 e. The van der Waals surface area contributed by atoms with Gasteiger partial charge in [0.05, 0.1) is 5.71 Å². The molecule has 2 aromatic carbocycles. The lowest BCUT2D eigenvalue weighted by Gasteiger charge is -2.24. The Balaban J connectivity index is 1.60. The predicted octanol–water partition coefficient (Wildman–Crippen LogP) is 2.64. The van der Waals surface area contributed by atoms with Crippen molar-refractivity contribution >= 4 is 17.3 Å². The van der Waals surface area contributed by atoms with Gasteiger partial charge in [-0.25, -0.2) is 5.01 Å². The molecule has 6 nitrogen and oxygen atoms in total. The zero-order valence-electron chi connectivity index (χ0n) is 13.1. The van der Waals surface area contributed by atoms with E-state index in [1.54, 1.807) is 24.3 Å². The Kier molecular flexibility index (Phi) is 3.57. The monoisotopic (exact) mass is 323 g/mol. The Labute approximate surface area is 139 Å². The maximum Gasteiger partial charge on any atom is 0.273 e. The highest BCUT2D eigenvalue weighted by molar-refractivity contribution is 6.03. The number of nitrogen functional groups attached to an aromatic ring is 1. The molecule has 0 atom stereocenters. The summed E-state index contributed by atoms with van der Waals surface area (Å²) in [6, 6.07) is 12.6. The summed E-state index contributed by atoms with van der Waals surface area (Å²) >= 11 is 0. The number of fused-ring (bicyclic) bond motifs is 1. The highest BCUT2D eigenvalue weighted by atomic mass is 16.7. The Bertz CT molecular complexity index is 815. The van der Waals surface area contributed by atoms with Gasteiger partial charge in [-0.05, 0) is 55.3 Å². The number of rotatable bonds is 2. The first kappa shape index (κ1) is 14.6. The molecule has 6 heteroatoms. The van der Waals surface area contributed by atoms with E-state index in [2.05, 4.69) is 5.10 Å². The number of hydrogen-bond donors (Lipinski definition) is 1. The van der Waals surface area contributed by atoms with Gasteiger partial charge in [0.2, 0.25) is 6.79 Å². The van der Waals surface area contributed by atoms with E-state index in [4.69, 9.17) is 15.2 Å². The molecule has 122 valence electrons. The summed E-state index contributed by atoms with van der Waals surface area (Å²) in [5.74, 6) is 1.34. The van der Waals surface area contributed by atoms with Crippen molar-refractivity contribution in [2.45, 2.75) is 12.8 Å². The van der Waals surface area contributed by atoms with Gasteiger partial charge in [-0.3, -0.25) is 4.79 Å². The van der Waals surface area contributed by atoms with Gasteiger partial charge < -0.3 is 15.2 Å². The summed E-state index contributed by atoms with van der Waals surface area (Å²) in [6.07, 6.45) is 1.69. The molecule has 2 aliphatic heterocycles. The first-order valence-corrected chi connectivity index (χ1v) is 7.85. The van der Waals surface area contributed by atoms with Crippen LogP contribution in [-0.4, -0.2) is 30.0 Å². The molecule has 0 spiro atoms. The van der Waals surface area contributed by atoms with Gasteiger partial charge in [0.25, 0.3) is 5.91 Å². The van der Waals surface area contributed by atoms with Crippen molar-refractivity contribution in [3.63, 3.8) is 0 Å². The minimum atomic E-state index is -0.118. The number of ether oxygens (including phenoxy) is 2. The molecule has 0 saturated heterocycles. The van der Waals surface area contributed by atoms with E-state index in [1.165, 1.54) is 5.01 Å². The van der Waals surface area contributed by atoms with E-state index in [0.29, 0.717) is 17.8 Å². The molecular formula is C18H17N3O3. The fourth-order valence-corrected chi connectivity index (χ4v) is 2.84. The van der Waals surface area contributed by atoms with Crippen molar-refractivity contribution in [1.82, 2.24) is 5.01 Å². The molecule has 0 unspecified atom stereocenters. The number of amides is 1. The number of hydrogen-bond acceptors (Lipinski definition) is 5. The average Bonchev–Trinajstić information content (AvgIpc) is 3.09. The van der Waals surface area contributed by atoms with Gasteiger partial charge in [0.15, 0.2) is 11.5 Å². The van der Waals surface area contributed by atoms with Crippen LogP contribution in [-0.2, 0) is 0 Å². The first-order valence-electron chi connectivity index (χ1n) is 7.85. The van der Waals surface area contributed by atoms with Crippen molar-refractivity contribution in [2.24, 2.45) is 5.10 Å². The second-order valence-electron chi connectivity index (χ2n) is 5.77. The zero-order chi connectivity index (χ0) is 16.5. The van der Waals surface area contributed by atoms with E-state index in [1.807, 2.05) is 18.2 Å². The number of anilines is 1. The normalized spacial score (nSPS) is 16.0. The second kappa shape index (κ2) is 5.88. The highest BCUT2D eigenvalue weighted by Crippen LogP contribution is 2.33. The molecule has 0 saturated carbocycles. The Hall–Kier alpha value is -3.02. The van der Waals surface area contributed by atoms with Crippen molar-refractivity contribution < 1.29 is 14.3 Å². The molecular weight excluding hydrogens is 306 g/mol. The number of benzene rings is 2. The number of carbonyl (C=O) groups excluding carboxylic acids is 1. The van der Waals surface area contributed by atoms with Crippen LogP contribution in [0.25, 0.3) is 0 Å². The van der Waals surface area contributed by atoms with Crippen molar-refractivity contribution in [3.8, 4) is 11.5 Å². The van der Waals surface area contributed by atoms with Gasteiger partial charge >= 0.3 is 0 Å². The number of nitrogens with two attached hydrogens (primary N) is 1. The maximum atomic E-state index is 12.6. The quantitative estimate of drug-likeness (QED) is 0.862.